The van der Waals surface area contributed by atoms with Gasteiger partial charge in [0.15, 0.2) is 0 Å². The molecule has 1 saturated carbocycles. The Morgan fingerprint density at radius 1 is 1.22 bits per heavy atom. The monoisotopic (exact) mass is 252 g/mol. The molecule has 1 fully saturated rings. The molecule has 3 N–H and O–H groups in total. The quantitative estimate of drug-likeness (QED) is 0.467. The third kappa shape index (κ3) is 2.41. The molecule has 0 aromatic carbocycles. The molecule has 0 spiro atoms. The van der Waals surface area contributed by atoms with Crippen LogP contribution < -0.4 is 10.6 Å². The molecule has 0 aromatic rings. The Kier molecular flexibility index (Phi) is 4.01. The van der Waals surface area contributed by atoms with Gasteiger partial charge in [0.05, 0.1) is 11.8 Å². The van der Waals surface area contributed by atoms with Gasteiger partial charge in [-0.15, -0.1) is 0 Å². The van der Waals surface area contributed by atoms with Crippen LogP contribution in [0.1, 0.15) is 12.8 Å². The van der Waals surface area contributed by atoms with E-state index in [9.17, 15) is 14.7 Å². The van der Waals surface area contributed by atoms with Crippen LogP contribution in [-0.4, -0.2) is 37.1 Å². The van der Waals surface area contributed by atoms with E-state index >= 15 is 0 Å². The molecule has 4 atom stereocenters. The number of carboxylic acids is 1. The topological polar surface area (TPSA) is 78.4 Å². The zero-order valence-electron chi connectivity index (χ0n) is 10.6. The van der Waals surface area contributed by atoms with Gasteiger partial charge >= 0.3 is 5.97 Å². The summed E-state index contributed by atoms with van der Waals surface area (Å²) in [7, 11) is 1.86. The fraction of sp³-hybridized carbons (Fsp3) is 0.692. The predicted octanol–water partition coefficient (Wildman–Crippen LogP) is 0.235. The molecule has 0 heterocycles. The number of hydrogen-bond donors (Lipinski definition) is 3. The molecular formula is C13H20N2O3. The number of rotatable bonds is 6. The number of carbonyl (C=O) groups excluding carboxylic acids is 1. The van der Waals surface area contributed by atoms with E-state index in [0.29, 0.717) is 6.54 Å². The van der Waals surface area contributed by atoms with Gasteiger partial charge in [-0.3, -0.25) is 9.59 Å². The SMILES string of the molecule is CNCCCNC(=O)C1C2C=CC(C2)C1C(=O)O. The number of amides is 1. The Labute approximate surface area is 107 Å². The second-order valence-corrected chi connectivity index (χ2v) is 5.09. The lowest BCUT2D eigenvalue weighted by molar-refractivity contribution is -0.147. The lowest BCUT2D eigenvalue weighted by Crippen LogP contribution is -2.40. The summed E-state index contributed by atoms with van der Waals surface area (Å²) >= 11 is 0. The maximum absolute atomic E-state index is 12.1. The van der Waals surface area contributed by atoms with Gasteiger partial charge in [-0.05, 0) is 38.3 Å². The molecule has 2 bridgehead atoms. The van der Waals surface area contributed by atoms with Crippen LogP contribution in [0.5, 0.6) is 0 Å². The van der Waals surface area contributed by atoms with Crippen LogP contribution in [0.3, 0.4) is 0 Å². The Balaban J connectivity index is 1.92. The zero-order valence-corrected chi connectivity index (χ0v) is 10.6. The van der Waals surface area contributed by atoms with Gasteiger partial charge in [0.25, 0.3) is 0 Å². The van der Waals surface area contributed by atoms with E-state index in [2.05, 4.69) is 10.6 Å². The van der Waals surface area contributed by atoms with E-state index in [1.807, 2.05) is 19.2 Å². The van der Waals surface area contributed by atoms with Crippen molar-refractivity contribution in [2.24, 2.45) is 23.7 Å². The van der Waals surface area contributed by atoms with E-state index in [-0.39, 0.29) is 23.7 Å². The minimum Gasteiger partial charge on any atom is -0.481 e. The van der Waals surface area contributed by atoms with Crippen LogP contribution in [0.15, 0.2) is 12.2 Å². The maximum Gasteiger partial charge on any atom is 0.307 e. The fourth-order valence-corrected chi connectivity index (χ4v) is 3.11. The lowest BCUT2D eigenvalue weighted by atomic mass is 9.82. The standard InChI is InChI=1S/C13H20N2O3/c1-14-5-2-6-15-12(16)10-8-3-4-9(7-8)11(10)13(17)18/h3-4,8-11,14H,2,5-7H2,1H3,(H,15,16)(H,17,18). The largest absolute Gasteiger partial charge is 0.481 e. The van der Waals surface area contributed by atoms with Crippen molar-refractivity contribution in [1.29, 1.82) is 0 Å². The van der Waals surface area contributed by atoms with Crippen molar-refractivity contribution in [1.82, 2.24) is 10.6 Å². The maximum atomic E-state index is 12.1. The number of fused-ring (bicyclic) bond motifs is 2. The second kappa shape index (κ2) is 5.52. The second-order valence-electron chi connectivity index (χ2n) is 5.09. The van der Waals surface area contributed by atoms with Gasteiger partial charge < -0.3 is 15.7 Å². The Bertz CT molecular complexity index is 367. The molecule has 0 aliphatic heterocycles. The first-order valence-corrected chi connectivity index (χ1v) is 6.48. The number of carboxylic acid groups (broad SMARTS) is 1. The molecule has 100 valence electrons. The molecule has 2 aliphatic rings. The van der Waals surface area contributed by atoms with Crippen LogP contribution in [0.4, 0.5) is 0 Å². The van der Waals surface area contributed by atoms with Crippen molar-refractivity contribution < 1.29 is 14.7 Å². The third-order valence-corrected chi connectivity index (χ3v) is 3.95. The van der Waals surface area contributed by atoms with Crippen LogP contribution >= 0.6 is 0 Å². The Morgan fingerprint density at radius 2 is 1.89 bits per heavy atom. The number of carbonyl (C=O) groups is 2. The zero-order chi connectivity index (χ0) is 13.1. The van der Waals surface area contributed by atoms with Crippen LogP contribution in [0, 0.1) is 23.7 Å². The van der Waals surface area contributed by atoms with Crippen molar-refractivity contribution in [3.8, 4) is 0 Å². The van der Waals surface area contributed by atoms with E-state index < -0.39 is 11.9 Å². The Morgan fingerprint density at radius 3 is 2.50 bits per heavy atom. The molecule has 0 saturated heterocycles. The van der Waals surface area contributed by atoms with E-state index in [1.54, 1.807) is 0 Å². The van der Waals surface area contributed by atoms with Gasteiger partial charge in [-0.2, -0.15) is 0 Å². The molecule has 1 amide bonds. The average molecular weight is 252 g/mol. The van der Waals surface area contributed by atoms with Crippen LogP contribution in [0.2, 0.25) is 0 Å². The summed E-state index contributed by atoms with van der Waals surface area (Å²) in [5.74, 6) is -1.71. The molecular weight excluding hydrogens is 232 g/mol. The highest BCUT2D eigenvalue weighted by Crippen LogP contribution is 2.48. The molecule has 2 rings (SSSR count). The highest BCUT2D eigenvalue weighted by Gasteiger charge is 2.51. The minimum atomic E-state index is -0.845. The number of allylic oxidation sites excluding steroid dienone is 2. The predicted molar refractivity (Wildman–Crippen MR) is 66.9 cm³/mol. The van der Waals surface area contributed by atoms with E-state index in [4.69, 9.17) is 0 Å². The van der Waals surface area contributed by atoms with E-state index in [0.717, 1.165) is 19.4 Å². The molecule has 2 aliphatic carbocycles. The van der Waals surface area contributed by atoms with E-state index in [1.165, 1.54) is 0 Å². The smallest absolute Gasteiger partial charge is 0.307 e. The van der Waals surface area contributed by atoms with Crippen molar-refractivity contribution >= 4 is 11.9 Å². The molecule has 0 aromatic heterocycles. The van der Waals surface area contributed by atoms with Gasteiger partial charge in [0.2, 0.25) is 5.91 Å². The highest BCUT2D eigenvalue weighted by molar-refractivity contribution is 5.86. The third-order valence-electron chi connectivity index (χ3n) is 3.95. The first-order chi connectivity index (χ1) is 8.65. The normalized spacial score (nSPS) is 32.7. The molecule has 18 heavy (non-hydrogen) atoms. The summed E-state index contributed by atoms with van der Waals surface area (Å²) < 4.78 is 0. The van der Waals surface area contributed by atoms with Crippen molar-refractivity contribution in [3.05, 3.63) is 12.2 Å². The first-order valence-electron chi connectivity index (χ1n) is 6.48. The van der Waals surface area contributed by atoms with Gasteiger partial charge in [-0.1, -0.05) is 12.2 Å². The summed E-state index contributed by atoms with van der Waals surface area (Å²) in [6.07, 6.45) is 5.62. The van der Waals surface area contributed by atoms with Crippen LogP contribution in [-0.2, 0) is 9.59 Å². The van der Waals surface area contributed by atoms with Gasteiger partial charge in [0.1, 0.15) is 0 Å². The average Bonchev–Trinajstić information content (AvgIpc) is 2.94. The highest BCUT2D eigenvalue weighted by atomic mass is 16.4. The first kappa shape index (κ1) is 13.1. The summed E-state index contributed by atoms with van der Waals surface area (Å²) in [5, 5.41) is 15.1. The molecule has 0 radical (unpaired) electrons. The number of hydrogen-bond acceptors (Lipinski definition) is 3. The molecule has 5 heteroatoms. The number of nitrogens with one attached hydrogen (secondary N) is 2. The van der Waals surface area contributed by atoms with Crippen LogP contribution in [0.25, 0.3) is 0 Å². The van der Waals surface area contributed by atoms with Crippen molar-refractivity contribution in [2.45, 2.75) is 12.8 Å². The lowest BCUT2D eigenvalue weighted by Gasteiger charge is -2.23. The Hall–Kier alpha value is -1.36. The summed E-state index contributed by atoms with van der Waals surface area (Å²) in [5.41, 5.74) is 0. The number of aliphatic carboxylic acids is 1. The fourth-order valence-electron chi connectivity index (χ4n) is 3.11. The summed E-state index contributed by atoms with van der Waals surface area (Å²) in [6.45, 7) is 1.45. The van der Waals surface area contributed by atoms with Gasteiger partial charge in [0, 0.05) is 6.54 Å². The molecule has 4 unspecified atom stereocenters. The van der Waals surface area contributed by atoms with Gasteiger partial charge in [-0.25, -0.2) is 0 Å². The van der Waals surface area contributed by atoms with Crippen molar-refractivity contribution in [3.63, 3.8) is 0 Å². The summed E-state index contributed by atoms with van der Waals surface area (Å²) in [6, 6.07) is 0. The minimum absolute atomic E-state index is 0.0422. The van der Waals surface area contributed by atoms with Crippen molar-refractivity contribution in [2.75, 3.05) is 20.1 Å². The molecule has 5 nitrogen and oxygen atoms in total. The summed E-state index contributed by atoms with van der Waals surface area (Å²) in [4.78, 5) is 23.3.